The second-order valence-corrected chi connectivity index (χ2v) is 12.1. The zero-order valence-corrected chi connectivity index (χ0v) is 26.1. The largest absolute Gasteiger partial charge is 0.315 e. The van der Waals surface area contributed by atoms with Gasteiger partial charge in [-0.05, 0) is 66.0 Å². The molecule has 0 spiro atoms. The van der Waals surface area contributed by atoms with Crippen molar-refractivity contribution in [3.05, 3.63) is 120 Å². The van der Waals surface area contributed by atoms with Crippen LogP contribution in [0.4, 0.5) is 0 Å². The first-order chi connectivity index (χ1) is 23.5. The number of hydrogen-bond acceptors (Lipinski definition) is 7. The van der Waals surface area contributed by atoms with Crippen LogP contribution in [0.3, 0.4) is 0 Å². The number of carbonyl (C=O) groups excluding carboxylic acids is 4. The molecule has 10 heteroatoms. The number of benzene rings is 5. The van der Waals surface area contributed by atoms with Gasteiger partial charge in [-0.25, -0.2) is 4.98 Å². The number of amides is 4. The summed E-state index contributed by atoms with van der Waals surface area (Å²) < 4.78 is 1.87. The van der Waals surface area contributed by atoms with E-state index in [9.17, 15) is 19.2 Å². The Morgan fingerprint density at radius 1 is 0.562 bits per heavy atom. The minimum absolute atomic E-state index is 0.257. The molecular weight excluding hydrogens is 604 g/mol. The Hall–Kier alpha value is -5.71. The fourth-order valence-electron chi connectivity index (χ4n) is 7.03. The first kappa shape index (κ1) is 29.7. The number of imidazole rings is 1. The maximum absolute atomic E-state index is 13.5. The molecule has 1 aromatic heterocycles. The van der Waals surface area contributed by atoms with Gasteiger partial charge in [0.05, 0.1) is 12.0 Å². The number of imide groups is 2. The molecule has 2 aliphatic heterocycles. The van der Waals surface area contributed by atoms with E-state index >= 15 is 0 Å². The van der Waals surface area contributed by atoms with Crippen LogP contribution in [-0.4, -0.2) is 82.2 Å². The van der Waals surface area contributed by atoms with Gasteiger partial charge in [0.2, 0.25) is 0 Å². The highest BCUT2D eigenvalue weighted by Crippen LogP contribution is 2.36. The lowest BCUT2D eigenvalue weighted by Crippen LogP contribution is -2.44. The van der Waals surface area contributed by atoms with Crippen LogP contribution in [-0.2, 0) is 0 Å². The molecule has 238 valence electrons. The number of carbonyl (C=O) groups is 4. The Morgan fingerprint density at radius 2 is 1.15 bits per heavy atom. The highest BCUT2D eigenvalue weighted by Gasteiger charge is 2.34. The summed E-state index contributed by atoms with van der Waals surface area (Å²) in [5.41, 5.74) is 3.03. The summed E-state index contributed by atoms with van der Waals surface area (Å²) in [5, 5.41) is 11.8. The molecule has 0 radical (unpaired) electrons. The van der Waals surface area contributed by atoms with Crippen LogP contribution in [0.15, 0.2) is 97.6 Å². The van der Waals surface area contributed by atoms with Crippen molar-refractivity contribution in [1.29, 1.82) is 0 Å². The topological polar surface area (TPSA) is 117 Å². The molecule has 5 aromatic carbocycles. The maximum atomic E-state index is 13.5. The number of fused-ring (bicyclic) bond motifs is 2. The smallest absolute Gasteiger partial charge is 0.261 e. The van der Waals surface area contributed by atoms with Gasteiger partial charge in [-0.2, -0.15) is 0 Å². The molecule has 8 rings (SSSR count). The molecule has 48 heavy (non-hydrogen) atoms. The molecule has 6 aromatic rings. The monoisotopic (exact) mass is 636 g/mol. The average molecular weight is 637 g/mol. The van der Waals surface area contributed by atoms with Gasteiger partial charge in [0.15, 0.2) is 0 Å². The first-order valence-electron chi connectivity index (χ1n) is 16.2. The third-order valence-electron chi connectivity index (χ3n) is 9.32. The van der Waals surface area contributed by atoms with Crippen LogP contribution in [0, 0.1) is 0 Å². The Labute approximate surface area is 275 Å². The molecule has 3 heterocycles. The summed E-state index contributed by atoms with van der Waals surface area (Å²) in [6.07, 6.45) is 6.01. The van der Waals surface area contributed by atoms with Crippen LogP contribution in [0.2, 0.25) is 0 Å². The summed E-state index contributed by atoms with van der Waals surface area (Å²) >= 11 is 0. The third-order valence-corrected chi connectivity index (χ3v) is 9.32. The van der Waals surface area contributed by atoms with E-state index < -0.39 is 0 Å². The second-order valence-electron chi connectivity index (χ2n) is 12.1. The summed E-state index contributed by atoms with van der Waals surface area (Å²) in [4.78, 5) is 60.4. The quantitative estimate of drug-likeness (QED) is 0.119. The lowest BCUT2D eigenvalue weighted by molar-refractivity contribution is 0.0597. The molecule has 0 aliphatic carbocycles. The van der Waals surface area contributed by atoms with Crippen molar-refractivity contribution >= 4 is 55.9 Å². The second kappa shape index (κ2) is 12.1. The lowest BCUT2D eigenvalue weighted by Gasteiger charge is -2.28. The van der Waals surface area contributed by atoms with E-state index in [1.807, 2.05) is 71.4 Å². The minimum Gasteiger partial charge on any atom is -0.315 e. The van der Waals surface area contributed by atoms with E-state index in [-0.39, 0.29) is 36.7 Å². The van der Waals surface area contributed by atoms with Gasteiger partial charge in [-0.1, -0.05) is 48.5 Å². The minimum atomic E-state index is -0.293. The van der Waals surface area contributed by atoms with Gasteiger partial charge in [-0.3, -0.25) is 29.0 Å². The summed E-state index contributed by atoms with van der Waals surface area (Å²) in [5.74, 6) is -1.12. The Morgan fingerprint density at radius 3 is 1.81 bits per heavy atom. The van der Waals surface area contributed by atoms with Crippen molar-refractivity contribution in [3.63, 3.8) is 0 Å². The summed E-state index contributed by atoms with van der Waals surface area (Å²) in [7, 11) is 0. The molecular formula is C38H32N6O4. The number of aromatic nitrogens is 2. The average Bonchev–Trinajstić information content (AvgIpc) is 3.66. The van der Waals surface area contributed by atoms with E-state index in [0.29, 0.717) is 53.8 Å². The Kier molecular flexibility index (Phi) is 7.51. The highest BCUT2D eigenvalue weighted by molar-refractivity contribution is 6.29. The Balaban J connectivity index is 0.825. The molecule has 0 fully saturated rings. The Bertz CT molecular complexity index is 2260. The van der Waals surface area contributed by atoms with Crippen molar-refractivity contribution in [3.8, 4) is 5.69 Å². The lowest BCUT2D eigenvalue weighted by atomic mass is 9.90. The molecule has 0 atom stereocenters. The number of nitrogens with one attached hydrogen (secondary N) is 2. The van der Waals surface area contributed by atoms with Crippen LogP contribution < -0.4 is 10.6 Å². The van der Waals surface area contributed by atoms with E-state index in [0.717, 1.165) is 39.0 Å². The van der Waals surface area contributed by atoms with Gasteiger partial charge in [0.25, 0.3) is 23.6 Å². The van der Waals surface area contributed by atoms with E-state index in [2.05, 4.69) is 15.6 Å². The number of hydrogen-bond donors (Lipinski definition) is 2. The third kappa shape index (κ3) is 4.85. The van der Waals surface area contributed by atoms with E-state index in [1.165, 1.54) is 9.80 Å². The van der Waals surface area contributed by atoms with Gasteiger partial charge >= 0.3 is 0 Å². The van der Waals surface area contributed by atoms with Gasteiger partial charge < -0.3 is 15.2 Å². The van der Waals surface area contributed by atoms with E-state index in [1.54, 1.807) is 30.7 Å². The molecule has 0 unspecified atom stereocenters. The van der Waals surface area contributed by atoms with Crippen LogP contribution in [0.25, 0.3) is 38.0 Å². The fraction of sp³-hybridized carbons (Fsp3) is 0.184. The normalized spacial score (nSPS) is 14.2. The molecule has 2 aliphatic rings. The highest BCUT2D eigenvalue weighted by atomic mass is 16.2. The van der Waals surface area contributed by atoms with Crippen LogP contribution >= 0.6 is 0 Å². The van der Waals surface area contributed by atoms with Gasteiger partial charge in [0, 0.05) is 77.0 Å². The van der Waals surface area contributed by atoms with Gasteiger partial charge in [-0.15, -0.1) is 0 Å². The van der Waals surface area contributed by atoms with Crippen molar-refractivity contribution in [2.24, 2.45) is 0 Å². The summed E-state index contributed by atoms with van der Waals surface area (Å²) in [6.45, 7) is 2.81. The molecule has 0 bridgehead atoms. The predicted molar refractivity (Wildman–Crippen MR) is 184 cm³/mol. The van der Waals surface area contributed by atoms with E-state index in [4.69, 9.17) is 0 Å². The van der Waals surface area contributed by atoms with Crippen LogP contribution in [0.1, 0.15) is 47.9 Å². The van der Waals surface area contributed by atoms with Crippen molar-refractivity contribution in [1.82, 2.24) is 30.0 Å². The maximum Gasteiger partial charge on any atom is 0.261 e. The predicted octanol–water partition coefficient (Wildman–Crippen LogP) is 4.79. The summed E-state index contributed by atoms with van der Waals surface area (Å²) in [6, 6.07) is 24.7. The zero-order valence-electron chi connectivity index (χ0n) is 26.1. The van der Waals surface area contributed by atoms with Crippen molar-refractivity contribution in [2.75, 3.05) is 39.3 Å². The first-order valence-corrected chi connectivity index (χ1v) is 16.2. The standard InChI is InChI=1S/C38H32N6O4/c45-35-28-10-3-8-26-25-7-2-1-6-24(25)22-31(33(26)28)38(48)44(35)21-18-40-15-5-14-39-17-20-43-36(46)29-11-4-9-27-32(42-19-16-41-23-42)13-12-30(34(27)29)37(43)47/h1-4,6-13,16,19,22-23,39-40H,5,14-15,17-18,20-21H2. The number of rotatable bonds is 11. The van der Waals surface area contributed by atoms with Crippen molar-refractivity contribution < 1.29 is 19.2 Å². The molecule has 10 nitrogen and oxygen atoms in total. The van der Waals surface area contributed by atoms with Crippen LogP contribution in [0.5, 0.6) is 0 Å². The molecule has 0 saturated carbocycles. The number of nitrogens with zero attached hydrogens (tertiary/aromatic N) is 4. The van der Waals surface area contributed by atoms with Gasteiger partial charge in [0.1, 0.15) is 0 Å². The fourth-order valence-corrected chi connectivity index (χ4v) is 7.03. The zero-order chi connectivity index (χ0) is 32.8. The van der Waals surface area contributed by atoms with Crippen molar-refractivity contribution in [2.45, 2.75) is 6.42 Å². The molecule has 2 N–H and O–H groups in total. The molecule has 0 saturated heterocycles. The molecule has 4 amide bonds. The SMILES string of the molecule is O=C1c2cccc3c(-n4ccnc4)ccc(c23)C(=O)N1CCNCCCNCCN1C(=O)c2cccc3c2c(cc2ccccc23)C1=O.